The Kier molecular flexibility index (Phi) is 4.61. The first-order chi connectivity index (χ1) is 9.15. The molecule has 19 heavy (non-hydrogen) atoms. The first kappa shape index (κ1) is 14.1. The van der Waals surface area contributed by atoms with Gasteiger partial charge in [0, 0.05) is 4.47 Å². The van der Waals surface area contributed by atoms with Crippen LogP contribution in [0.25, 0.3) is 0 Å². The first-order valence-corrected chi connectivity index (χ1v) is 7.02. The summed E-state index contributed by atoms with van der Waals surface area (Å²) in [4.78, 5) is 0. The molecule has 0 radical (unpaired) electrons. The van der Waals surface area contributed by atoms with Gasteiger partial charge in [-0.1, -0.05) is 34.1 Å². The molecule has 3 heteroatoms. The minimum atomic E-state index is 0.184. The van der Waals surface area contributed by atoms with E-state index in [4.69, 9.17) is 4.74 Å². The molecule has 0 bridgehead atoms. The second kappa shape index (κ2) is 6.22. The summed E-state index contributed by atoms with van der Waals surface area (Å²) in [6.45, 7) is 2.13. The highest BCUT2D eigenvalue weighted by molar-refractivity contribution is 9.10. The van der Waals surface area contributed by atoms with Crippen molar-refractivity contribution >= 4 is 15.9 Å². The average Bonchev–Trinajstić information content (AvgIpc) is 2.44. The van der Waals surface area contributed by atoms with Crippen molar-refractivity contribution in [3.8, 4) is 5.75 Å². The van der Waals surface area contributed by atoms with Crippen LogP contribution in [0.2, 0.25) is 0 Å². The van der Waals surface area contributed by atoms with Crippen LogP contribution in [0.5, 0.6) is 5.75 Å². The van der Waals surface area contributed by atoms with E-state index in [1.54, 1.807) is 7.11 Å². The summed E-state index contributed by atoms with van der Waals surface area (Å²) in [6, 6.07) is 14.7. The van der Waals surface area contributed by atoms with Crippen LogP contribution in [-0.4, -0.2) is 14.2 Å². The number of nitrogens with one attached hydrogen (secondary N) is 1. The molecule has 0 saturated carbocycles. The van der Waals surface area contributed by atoms with E-state index >= 15 is 0 Å². The zero-order valence-electron chi connectivity index (χ0n) is 11.4. The fraction of sp³-hybridized carbons (Fsp3) is 0.250. The van der Waals surface area contributed by atoms with Gasteiger partial charge in [0.1, 0.15) is 5.75 Å². The van der Waals surface area contributed by atoms with E-state index in [0.717, 1.165) is 10.2 Å². The molecule has 0 fully saturated rings. The maximum absolute atomic E-state index is 5.20. The number of methoxy groups -OCH3 is 1. The van der Waals surface area contributed by atoms with Crippen LogP contribution >= 0.6 is 15.9 Å². The molecule has 0 saturated heterocycles. The Bertz CT molecular complexity index is 551. The van der Waals surface area contributed by atoms with Gasteiger partial charge in [0.2, 0.25) is 0 Å². The minimum absolute atomic E-state index is 0.184. The van der Waals surface area contributed by atoms with Crippen molar-refractivity contribution in [3.63, 3.8) is 0 Å². The van der Waals surface area contributed by atoms with E-state index in [2.05, 4.69) is 58.5 Å². The topological polar surface area (TPSA) is 21.3 Å². The summed E-state index contributed by atoms with van der Waals surface area (Å²) in [6.07, 6.45) is 0. The molecule has 0 spiro atoms. The number of rotatable bonds is 4. The van der Waals surface area contributed by atoms with E-state index in [9.17, 15) is 0 Å². The fourth-order valence-corrected chi connectivity index (χ4v) is 2.60. The Morgan fingerprint density at radius 1 is 1.11 bits per heavy atom. The number of hydrogen-bond acceptors (Lipinski definition) is 2. The van der Waals surface area contributed by atoms with Gasteiger partial charge in [-0.15, -0.1) is 0 Å². The predicted molar refractivity (Wildman–Crippen MR) is 82.8 cm³/mol. The number of halogens is 1. The zero-order valence-corrected chi connectivity index (χ0v) is 13.0. The van der Waals surface area contributed by atoms with Gasteiger partial charge in [0.05, 0.1) is 13.2 Å². The van der Waals surface area contributed by atoms with E-state index in [0.29, 0.717) is 0 Å². The van der Waals surface area contributed by atoms with E-state index in [1.165, 1.54) is 16.7 Å². The molecule has 2 aromatic carbocycles. The van der Waals surface area contributed by atoms with Crippen LogP contribution in [0.1, 0.15) is 22.7 Å². The Balaban J connectivity index is 2.40. The summed E-state index contributed by atoms with van der Waals surface area (Å²) >= 11 is 3.54. The van der Waals surface area contributed by atoms with Crippen molar-refractivity contribution in [1.29, 1.82) is 0 Å². The molecule has 2 rings (SSSR count). The Morgan fingerprint density at radius 3 is 2.37 bits per heavy atom. The van der Waals surface area contributed by atoms with Gasteiger partial charge in [0.15, 0.2) is 0 Å². The van der Waals surface area contributed by atoms with Crippen molar-refractivity contribution in [2.75, 3.05) is 14.2 Å². The second-order valence-corrected chi connectivity index (χ2v) is 5.41. The quantitative estimate of drug-likeness (QED) is 0.917. The number of benzene rings is 2. The van der Waals surface area contributed by atoms with E-state index < -0.39 is 0 Å². The van der Waals surface area contributed by atoms with Gasteiger partial charge in [-0.05, 0) is 54.9 Å². The third-order valence-electron chi connectivity index (χ3n) is 3.29. The predicted octanol–water partition coefficient (Wildman–Crippen LogP) is 4.07. The molecule has 0 aliphatic carbocycles. The molecule has 0 amide bonds. The van der Waals surface area contributed by atoms with Crippen LogP contribution in [0.15, 0.2) is 46.9 Å². The summed E-state index contributed by atoms with van der Waals surface area (Å²) in [5, 5.41) is 3.38. The standard InChI is InChI=1S/C16H18BrNO/c1-11-4-7-13(17)10-15(11)16(18-2)12-5-8-14(19-3)9-6-12/h4-10,16,18H,1-3H3. The largest absolute Gasteiger partial charge is 0.497 e. The van der Waals surface area contributed by atoms with Gasteiger partial charge < -0.3 is 10.1 Å². The minimum Gasteiger partial charge on any atom is -0.497 e. The lowest BCUT2D eigenvalue weighted by atomic mass is 9.95. The molecule has 2 aromatic rings. The molecular formula is C16H18BrNO. The molecule has 1 unspecified atom stereocenters. The SMILES string of the molecule is CNC(c1ccc(OC)cc1)c1cc(Br)ccc1C. The highest BCUT2D eigenvalue weighted by atomic mass is 79.9. The number of hydrogen-bond donors (Lipinski definition) is 1. The third kappa shape index (κ3) is 3.17. The van der Waals surface area contributed by atoms with Crippen LogP contribution < -0.4 is 10.1 Å². The van der Waals surface area contributed by atoms with E-state index in [-0.39, 0.29) is 6.04 Å². The summed E-state index contributed by atoms with van der Waals surface area (Å²) in [7, 11) is 3.66. The average molecular weight is 320 g/mol. The van der Waals surface area contributed by atoms with Gasteiger partial charge >= 0.3 is 0 Å². The lowest BCUT2D eigenvalue weighted by molar-refractivity contribution is 0.414. The molecule has 1 atom stereocenters. The number of ether oxygens (including phenoxy) is 1. The van der Waals surface area contributed by atoms with Crippen molar-refractivity contribution < 1.29 is 4.74 Å². The van der Waals surface area contributed by atoms with Crippen LogP contribution in [0.3, 0.4) is 0 Å². The summed E-state index contributed by atoms with van der Waals surface area (Å²) in [5.41, 5.74) is 3.78. The first-order valence-electron chi connectivity index (χ1n) is 6.23. The van der Waals surface area contributed by atoms with Crippen LogP contribution in [-0.2, 0) is 0 Å². The Labute approximate surface area is 122 Å². The van der Waals surface area contributed by atoms with Crippen molar-refractivity contribution in [2.45, 2.75) is 13.0 Å². The maximum Gasteiger partial charge on any atom is 0.118 e. The summed E-state index contributed by atoms with van der Waals surface area (Å²) < 4.78 is 6.30. The normalized spacial score (nSPS) is 12.2. The Hall–Kier alpha value is -1.32. The van der Waals surface area contributed by atoms with Crippen molar-refractivity contribution in [2.24, 2.45) is 0 Å². The van der Waals surface area contributed by atoms with Crippen LogP contribution in [0, 0.1) is 6.92 Å². The molecule has 2 nitrogen and oxygen atoms in total. The van der Waals surface area contributed by atoms with Gasteiger partial charge in [-0.25, -0.2) is 0 Å². The molecular weight excluding hydrogens is 302 g/mol. The third-order valence-corrected chi connectivity index (χ3v) is 3.78. The van der Waals surface area contributed by atoms with Gasteiger partial charge in [-0.2, -0.15) is 0 Å². The highest BCUT2D eigenvalue weighted by Crippen LogP contribution is 2.28. The van der Waals surface area contributed by atoms with Crippen molar-refractivity contribution in [1.82, 2.24) is 5.32 Å². The molecule has 1 N–H and O–H groups in total. The smallest absolute Gasteiger partial charge is 0.118 e. The van der Waals surface area contributed by atoms with Gasteiger partial charge in [-0.3, -0.25) is 0 Å². The van der Waals surface area contributed by atoms with Crippen LogP contribution in [0.4, 0.5) is 0 Å². The lowest BCUT2D eigenvalue weighted by Crippen LogP contribution is -2.18. The monoisotopic (exact) mass is 319 g/mol. The van der Waals surface area contributed by atoms with Gasteiger partial charge in [0.25, 0.3) is 0 Å². The Morgan fingerprint density at radius 2 is 1.79 bits per heavy atom. The molecule has 0 aliphatic heterocycles. The van der Waals surface area contributed by atoms with Crippen molar-refractivity contribution in [3.05, 3.63) is 63.6 Å². The second-order valence-electron chi connectivity index (χ2n) is 4.50. The molecule has 0 heterocycles. The highest BCUT2D eigenvalue weighted by Gasteiger charge is 2.14. The molecule has 100 valence electrons. The van der Waals surface area contributed by atoms with E-state index in [1.807, 2.05) is 19.2 Å². The number of aryl methyl sites for hydroxylation is 1. The molecule has 0 aromatic heterocycles. The maximum atomic E-state index is 5.20. The zero-order chi connectivity index (χ0) is 13.8. The fourth-order valence-electron chi connectivity index (χ4n) is 2.22. The molecule has 0 aliphatic rings. The lowest BCUT2D eigenvalue weighted by Gasteiger charge is -2.20. The summed E-state index contributed by atoms with van der Waals surface area (Å²) in [5.74, 6) is 0.879.